The molecule has 2 aliphatic rings. The van der Waals surface area contributed by atoms with Crippen molar-refractivity contribution in [3.05, 3.63) is 24.4 Å². The molecule has 0 radical (unpaired) electrons. The Morgan fingerprint density at radius 2 is 1.79 bits per heavy atom. The van der Waals surface area contributed by atoms with Gasteiger partial charge in [-0.1, -0.05) is 26.0 Å². The van der Waals surface area contributed by atoms with Crippen molar-refractivity contribution >= 4 is 32.6 Å². The predicted octanol–water partition coefficient (Wildman–Crippen LogP) is 3.09. The molecule has 0 bridgehead atoms. The van der Waals surface area contributed by atoms with Crippen LogP contribution < -0.4 is 10.2 Å². The zero-order valence-corrected chi connectivity index (χ0v) is 18.4. The standard InChI is InChI=1S/C21H31N5O2S/c1-21(2)9-13-25(14-10-21)18-6-4-5-16-15-22-20(24-19(16)18)23-17-7-11-26(12-8-17)29(3,27)28/h4-6,15,17H,7-14H2,1-3H3,(H,22,23,24). The Kier molecular flexibility index (Phi) is 5.42. The van der Waals surface area contributed by atoms with Gasteiger partial charge in [0.2, 0.25) is 16.0 Å². The molecule has 7 nitrogen and oxygen atoms in total. The van der Waals surface area contributed by atoms with Crippen molar-refractivity contribution in [1.29, 1.82) is 0 Å². The highest BCUT2D eigenvalue weighted by Crippen LogP contribution is 2.34. The van der Waals surface area contributed by atoms with Crippen LogP contribution in [0.3, 0.4) is 0 Å². The maximum atomic E-state index is 11.7. The number of fused-ring (bicyclic) bond motifs is 1. The summed E-state index contributed by atoms with van der Waals surface area (Å²) in [6, 6.07) is 6.48. The SMILES string of the molecule is CC1(C)CCN(c2cccc3cnc(NC4CCN(S(C)(=O)=O)CC4)nc23)CC1. The van der Waals surface area contributed by atoms with Crippen molar-refractivity contribution in [2.45, 2.75) is 45.6 Å². The van der Waals surface area contributed by atoms with Crippen LogP contribution in [-0.2, 0) is 10.0 Å². The first kappa shape index (κ1) is 20.3. The predicted molar refractivity (Wildman–Crippen MR) is 118 cm³/mol. The number of benzene rings is 1. The molecule has 0 saturated carbocycles. The van der Waals surface area contributed by atoms with E-state index >= 15 is 0 Å². The van der Waals surface area contributed by atoms with Crippen LogP contribution in [0, 0.1) is 5.41 Å². The molecule has 0 spiro atoms. The second kappa shape index (κ2) is 7.72. The molecule has 0 amide bonds. The maximum absolute atomic E-state index is 11.7. The van der Waals surface area contributed by atoms with Gasteiger partial charge in [0.25, 0.3) is 0 Å². The highest BCUT2D eigenvalue weighted by atomic mass is 32.2. The van der Waals surface area contributed by atoms with Crippen molar-refractivity contribution in [1.82, 2.24) is 14.3 Å². The number of para-hydroxylation sites is 1. The lowest BCUT2D eigenvalue weighted by molar-refractivity contribution is 0.280. The van der Waals surface area contributed by atoms with Crippen molar-refractivity contribution in [3.8, 4) is 0 Å². The quantitative estimate of drug-likeness (QED) is 0.824. The van der Waals surface area contributed by atoms with Crippen LogP contribution in [0.5, 0.6) is 0 Å². The van der Waals surface area contributed by atoms with Gasteiger partial charge in [-0.25, -0.2) is 22.7 Å². The van der Waals surface area contributed by atoms with Gasteiger partial charge in [-0.05, 0) is 37.2 Å². The number of hydrogen-bond donors (Lipinski definition) is 1. The second-order valence-corrected chi connectivity index (χ2v) is 11.1. The molecule has 29 heavy (non-hydrogen) atoms. The molecule has 4 rings (SSSR count). The zero-order chi connectivity index (χ0) is 20.6. The summed E-state index contributed by atoms with van der Waals surface area (Å²) in [5, 5.41) is 4.47. The fourth-order valence-corrected chi connectivity index (χ4v) is 5.11. The van der Waals surface area contributed by atoms with Gasteiger partial charge in [0.15, 0.2) is 0 Å². The fourth-order valence-electron chi connectivity index (χ4n) is 4.23. The van der Waals surface area contributed by atoms with E-state index in [0.717, 1.165) is 36.8 Å². The summed E-state index contributed by atoms with van der Waals surface area (Å²) in [5.74, 6) is 0.625. The summed E-state index contributed by atoms with van der Waals surface area (Å²) >= 11 is 0. The van der Waals surface area contributed by atoms with Crippen LogP contribution >= 0.6 is 0 Å². The molecule has 0 atom stereocenters. The average Bonchev–Trinajstić information content (AvgIpc) is 2.67. The molecule has 0 unspecified atom stereocenters. The van der Waals surface area contributed by atoms with E-state index in [0.29, 0.717) is 24.5 Å². The molecule has 2 fully saturated rings. The lowest BCUT2D eigenvalue weighted by Crippen LogP contribution is -2.42. The van der Waals surface area contributed by atoms with E-state index in [2.05, 4.69) is 47.2 Å². The molecular formula is C21H31N5O2S. The second-order valence-electron chi connectivity index (χ2n) is 9.14. The van der Waals surface area contributed by atoms with Gasteiger partial charge in [0, 0.05) is 43.8 Å². The summed E-state index contributed by atoms with van der Waals surface area (Å²) in [6.07, 6.45) is 7.04. The van der Waals surface area contributed by atoms with E-state index in [1.54, 1.807) is 4.31 Å². The van der Waals surface area contributed by atoms with Gasteiger partial charge >= 0.3 is 0 Å². The summed E-state index contributed by atoms with van der Waals surface area (Å²) in [7, 11) is -3.11. The molecule has 0 aliphatic carbocycles. The summed E-state index contributed by atoms with van der Waals surface area (Å²) < 4.78 is 24.9. The molecule has 8 heteroatoms. The Balaban J connectivity index is 1.51. The molecule has 1 aromatic heterocycles. The molecule has 1 N–H and O–H groups in total. The lowest BCUT2D eigenvalue weighted by Gasteiger charge is -2.38. The van der Waals surface area contributed by atoms with Gasteiger partial charge in [-0.15, -0.1) is 0 Å². The molecule has 1 aromatic carbocycles. The Morgan fingerprint density at radius 3 is 2.45 bits per heavy atom. The van der Waals surface area contributed by atoms with Crippen molar-refractivity contribution in [3.63, 3.8) is 0 Å². The van der Waals surface area contributed by atoms with Crippen LogP contribution in [0.2, 0.25) is 0 Å². The summed E-state index contributed by atoms with van der Waals surface area (Å²) in [6.45, 7) is 7.85. The summed E-state index contributed by atoms with van der Waals surface area (Å²) in [4.78, 5) is 11.8. The summed E-state index contributed by atoms with van der Waals surface area (Å²) in [5.41, 5.74) is 2.57. The van der Waals surface area contributed by atoms with E-state index in [-0.39, 0.29) is 6.04 Å². The molecule has 158 valence electrons. The minimum Gasteiger partial charge on any atom is -0.370 e. The van der Waals surface area contributed by atoms with E-state index in [1.165, 1.54) is 24.8 Å². The van der Waals surface area contributed by atoms with E-state index in [4.69, 9.17) is 4.98 Å². The van der Waals surface area contributed by atoms with Gasteiger partial charge in [-0.3, -0.25) is 0 Å². The first-order valence-electron chi connectivity index (χ1n) is 10.4. The van der Waals surface area contributed by atoms with Crippen LogP contribution in [0.15, 0.2) is 24.4 Å². The molecule has 2 aliphatic heterocycles. The number of anilines is 2. The smallest absolute Gasteiger partial charge is 0.223 e. The molecular weight excluding hydrogens is 386 g/mol. The van der Waals surface area contributed by atoms with Gasteiger partial charge in [-0.2, -0.15) is 0 Å². The Labute approximate surface area is 173 Å². The van der Waals surface area contributed by atoms with Crippen molar-refractivity contribution < 1.29 is 8.42 Å². The Hall–Kier alpha value is -1.93. The largest absolute Gasteiger partial charge is 0.370 e. The van der Waals surface area contributed by atoms with Crippen molar-refractivity contribution in [2.75, 3.05) is 42.7 Å². The van der Waals surface area contributed by atoms with Crippen molar-refractivity contribution in [2.24, 2.45) is 5.41 Å². The van der Waals surface area contributed by atoms with Crippen LogP contribution in [0.1, 0.15) is 39.5 Å². The van der Waals surface area contributed by atoms with Gasteiger partial charge < -0.3 is 10.2 Å². The van der Waals surface area contributed by atoms with Crippen LogP contribution in [0.25, 0.3) is 10.9 Å². The zero-order valence-electron chi connectivity index (χ0n) is 17.6. The lowest BCUT2D eigenvalue weighted by atomic mass is 9.82. The average molecular weight is 418 g/mol. The van der Waals surface area contributed by atoms with E-state index in [9.17, 15) is 8.42 Å². The highest BCUT2D eigenvalue weighted by molar-refractivity contribution is 7.88. The maximum Gasteiger partial charge on any atom is 0.223 e. The number of piperidine rings is 2. The minimum absolute atomic E-state index is 0.188. The number of aromatic nitrogens is 2. The minimum atomic E-state index is -3.11. The number of sulfonamides is 1. The van der Waals surface area contributed by atoms with Gasteiger partial charge in [0.1, 0.15) is 0 Å². The molecule has 2 saturated heterocycles. The Morgan fingerprint density at radius 1 is 1.10 bits per heavy atom. The molecule has 2 aromatic rings. The van der Waals surface area contributed by atoms with Crippen LogP contribution in [-0.4, -0.2) is 61.2 Å². The normalized spacial score (nSPS) is 21.4. The topological polar surface area (TPSA) is 78.4 Å². The highest BCUT2D eigenvalue weighted by Gasteiger charge is 2.27. The number of nitrogens with zero attached hydrogens (tertiary/aromatic N) is 4. The first-order valence-corrected chi connectivity index (χ1v) is 12.3. The van der Waals surface area contributed by atoms with Gasteiger partial charge in [0.05, 0.1) is 17.5 Å². The third kappa shape index (κ3) is 4.64. The molecule has 3 heterocycles. The monoisotopic (exact) mass is 417 g/mol. The number of nitrogens with one attached hydrogen (secondary N) is 1. The third-order valence-electron chi connectivity index (χ3n) is 6.30. The Bertz CT molecular complexity index is 974. The first-order chi connectivity index (χ1) is 13.7. The van der Waals surface area contributed by atoms with Crippen LogP contribution in [0.4, 0.5) is 11.6 Å². The van der Waals surface area contributed by atoms with E-state index in [1.807, 2.05) is 6.20 Å². The number of rotatable bonds is 4. The third-order valence-corrected chi connectivity index (χ3v) is 7.61. The van der Waals surface area contributed by atoms with E-state index < -0.39 is 10.0 Å². The number of hydrogen-bond acceptors (Lipinski definition) is 6. The fraction of sp³-hybridized carbons (Fsp3) is 0.619.